The van der Waals surface area contributed by atoms with E-state index in [4.69, 9.17) is 14.2 Å². The van der Waals surface area contributed by atoms with Gasteiger partial charge in [-0.3, -0.25) is 9.52 Å². The van der Waals surface area contributed by atoms with Gasteiger partial charge in [0.2, 0.25) is 15.9 Å². The van der Waals surface area contributed by atoms with Crippen LogP contribution in [-0.4, -0.2) is 57.7 Å². The van der Waals surface area contributed by atoms with Gasteiger partial charge in [-0.05, 0) is 42.3 Å². The Bertz CT molecular complexity index is 1100. The van der Waals surface area contributed by atoms with Crippen LogP contribution < -0.4 is 19.5 Å². The zero-order valence-electron chi connectivity index (χ0n) is 18.5. The molecule has 0 saturated carbocycles. The minimum atomic E-state index is -3.41. The summed E-state index contributed by atoms with van der Waals surface area (Å²) in [4.78, 5) is 12.6. The van der Waals surface area contributed by atoms with Crippen molar-refractivity contribution in [3.63, 3.8) is 0 Å². The lowest BCUT2D eigenvalue weighted by Gasteiger charge is -2.37. The smallest absolute Gasteiger partial charge is 0.229 e. The lowest BCUT2D eigenvalue weighted by molar-refractivity contribution is -0.142. The normalized spacial score (nSPS) is 23.7. The van der Waals surface area contributed by atoms with Gasteiger partial charge in [0.05, 0.1) is 32.5 Å². The molecule has 4 atom stereocenters. The van der Waals surface area contributed by atoms with Crippen LogP contribution >= 0.6 is 0 Å². The maximum Gasteiger partial charge on any atom is 0.229 e. The molecule has 1 fully saturated rings. The van der Waals surface area contributed by atoms with Gasteiger partial charge in [-0.1, -0.05) is 12.1 Å². The van der Waals surface area contributed by atoms with E-state index in [9.17, 15) is 18.3 Å². The second-order valence-corrected chi connectivity index (χ2v) is 10.1. The summed E-state index contributed by atoms with van der Waals surface area (Å²) < 4.78 is 42.8. The van der Waals surface area contributed by atoms with Crippen molar-refractivity contribution in [1.82, 2.24) is 5.32 Å². The number of hydrogen-bond donors (Lipinski definition) is 3. The summed E-state index contributed by atoms with van der Waals surface area (Å²) >= 11 is 0. The molecule has 10 heteroatoms. The number of sulfonamides is 1. The molecule has 0 spiro atoms. The van der Waals surface area contributed by atoms with Gasteiger partial charge in [-0.2, -0.15) is 0 Å². The van der Waals surface area contributed by atoms with Crippen LogP contribution in [-0.2, 0) is 26.1 Å². The summed E-state index contributed by atoms with van der Waals surface area (Å²) in [6.07, 6.45) is 0.384. The van der Waals surface area contributed by atoms with E-state index in [-0.39, 0.29) is 24.9 Å². The topological polar surface area (TPSA) is 123 Å². The molecule has 178 valence electrons. The summed E-state index contributed by atoms with van der Waals surface area (Å²) in [5, 5.41) is 12.8. The van der Waals surface area contributed by atoms with Crippen LogP contribution in [0.4, 0.5) is 5.69 Å². The fourth-order valence-electron chi connectivity index (χ4n) is 4.39. The molecule has 33 heavy (non-hydrogen) atoms. The number of hydrogen-bond acceptors (Lipinski definition) is 7. The van der Waals surface area contributed by atoms with Gasteiger partial charge in [0.25, 0.3) is 0 Å². The molecule has 0 aliphatic carbocycles. The molecule has 2 aromatic carbocycles. The molecule has 1 amide bonds. The van der Waals surface area contributed by atoms with Crippen LogP contribution in [0.3, 0.4) is 0 Å². The minimum absolute atomic E-state index is 0.119. The maximum absolute atomic E-state index is 12.6. The zero-order chi connectivity index (χ0) is 23.6. The van der Waals surface area contributed by atoms with E-state index in [1.807, 2.05) is 24.3 Å². The summed E-state index contributed by atoms with van der Waals surface area (Å²) in [6.45, 7) is 0.144. The summed E-state index contributed by atoms with van der Waals surface area (Å²) in [6, 6.07) is 12.5. The molecule has 4 rings (SSSR count). The molecule has 9 nitrogen and oxygen atoms in total. The van der Waals surface area contributed by atoms with Gasteiger partial charge in [-0.15, -0.1) is 0 Å². The SMILES string of the molecule is COc1ccc(CNC(=O)C[C@@H]2C[C@@H]3c4cc(NS(C)(=O)=O)ccc4O[C@@H]3[C@@H](CO)O2)cc1. The lowest BCUT2D eigenvalue weighted by atomic mass is 9.84. The average Bonchev–Trinajstić information content (AvgIpc) is 3.14. The van der Waals surface area contributed by atoms with Crippen LogP contribution in [0.15, 0.2) is 42.5 Å². The highest BCUT2D eigenvalue weighted by Gasteiger charge is 2.46. The Kier molecular flexibility index (Phi) is 6.78. The molecule has 1 saturated heterocycles. The molecule has 2 heterocycles. The summed E-state index contributed by atoms with van der Waals surface area (Å²) in [5.74, 6) is 1.11. The average molecular weight is 477 g/mol. The number of carbonyl (C=O) groups excluding carboxylic acids is 1. The van der Waals surface area contributed by atoms with E-state index >= 15 is 0 Å². The van der Waals surface area contributed by atoms with Crippen molar-refractivity contribution >= 4 is 21.6 Å². The molecular formula is C23H28N2O7S. The number of anilines is 1. The fraction of sp³-hybridized carbons (Fsp3) is 0.435. The highest BCUT2D eigenvalue weighted by molar-refractivity contribution is 7.92. The molecule has 0 radical (unpaired) electrons. The third-order valence-corrected chi connectivity index (χ3v) is 6.47. The number of carbonyl (C=O) groups is 1. The number of ether oxygens (including phenoxy) is 3. The minimum Gasteiger partial charge on any atom is -0.497 e. The van der Waals surface area contributed by atoms with E-state index in [1.54, 1.807) is 25.3 Å². The second kappa shape index (κ2) is 9.58. The number of benzene rings is 2. The number of amides is 1. The van der Waals surface area contributed by atoms with Crippen LogP contribution in [0.2, 0.25) is 0 Å². The molecule has 3 N–H and O–H groups in total. The zero-order valence-corrected chi connectivity index (χ0v) is 19.3. The first-order valence-corrected chi connectivity index (χ1v) is 12.6. The molecule has 2 aliphatic heterocycles. The highest BCUT2D eigenvalue weighted by Crippen LogP contribution is 2.47. The van der Waals surface area contributed by atoms with Gasteiger partial charge in [0.1, 0.15) is 23.7 Å². The first kappa shape index (κ1) is 23.3. The fourth-order valence-corrected chi connectivity index (χ4v) is 4.94. The molecule has 2 aromatic rings. The first-order valence-electron chi connectivity index (χ1n) is 10.7. The second-order valence-electron chi connectivity index (χ2n) is 8.36. The number of methoxy groups -OCH3 is 1. The lowest BCUT2D eigenvalue weighted by Crippen LogP contribution is -2.47. The Morgan fingerprint density at radius 3 is 2.64 bits per heavy atom. The van der Waals surface area contributed by atoms with Gasteiger partial charge >= 0.3 is 0 Å². The van der Waals surface area contributed by atoms with E-state index in [2.05, 4.69) is 10.0 Å². The molecular weight excluding hydrogens is 448 g/mol. The van der Waals surface area contributed by atoms with Gasteiger partial charge in [0, 0.05) is 23.7 Å². The van der Waals surface area contributed by atoms with E-state index in [1.165, 1.54) is 0 Å². The van der Waals surface area contributed by atoms with Crippen molar-refractivity contribution in [3.8, 4) is 11.5 Å². The Morgan fingerprint density at radius 2 is 1.97 bits per heavy atom. The third kappa shape index (κ3) is 5.58. The van der Waals surface area contributed by atoms with Crippen LogP contribution in [0.1, 0.15) is 29.9 Å². The molecule has 0 unspecified atom stereocenters. The van der Waals surface area contributed by atoms with Gasteiger partial charge in [0.15, 0.2) is 0 Å². The third-order valence-electron chi connectivity index (χ3n) is 5.86. The standard InChI is InChI=1S/C23H28N2O7S/c1-30-16-6-3-14(4-7-16)12-24-22(27)11-17-10-19-18-9-15(25-33(2,28)29)5-8-20(18)32-23(19)21(13-26)31-17/h3-9,17,19,21,23,25-26H,10-13H2,1-2H3,(H,24,27)/t17-,19+,21+,23-/m0/s1. The van der Waals surface area contributed by atoms with Crippen LogP contribution in [0.5, 0.6) is 11.5 Å². The number of aliphatic hydroxyl groups excluding tert-OH is 1. The monoisotopic (exact) mass is 476 g/mol. The van der Waals surface area contributed by atoms with Crippen molar-refractivity contribution in [2.24, 2.45) is 0 Å². The van der Waals surface area contributed by atoms with Crippen LogP contribution in [0.25, 0.3) is 0 Å². The van der Waals surface area contributed by atoms with Crippen molar-refractivity contribution in [1.29, 1.82) is 0 Å². The Morgan fingerprint density at radius 1 is 1.21 bits per heavy atom. The maximum atomic E-state index is 12.6. The predicted octanol–water partition coefficient (Wildman–Crippen LogP) is 1.77. The quantitative estimate of drug-likeness (QED) is 0.531. The Hall–Kier alpha value is -2.82. The number of nitrogens with one attached hydrogen (secondary N) is 2. The van der Waals surface area contributed by atoms with Crippen molar-refractivity contribution < 1.29 is 32.5 Å². The molecule has 0 aromatic heterocycles. The number of fused-ring (bicyclic) bond motifs is 3. The predicted molar refractivity (Wildman–Crippen MR) is 122 cm³/mol. The van der Waals surface area contributed by atoms with Gasteiger partial charge in [-0.25, -0.2) is 8.42 Å². The Balaban J connectivity index is 1.41. The Labute approximate surface area is 193 Å². The van der Waals surface area contributed by atoms with Crippen molar-refractivity contribution in [2.45, 2.75) is 43.6 Å². The number of rotatable bonds is 8. The van der Waals surface area contributed by atoms with E-state index in [0.717, 1.165) is 23.1 Å². The number of aliphatic hydroxyl groups is 1. The summed E-state index contributed by atoms with van der Waals surface area (Å²) in [5.41, 5.74) is 2.24. The van der Waals surface area contributed by atoms with Crippen molar-refractivity contribution in [2.75, 3.05) is 24.7 Å². The van der Waals surface area contributed by atoms with E-state index in [0.29, 0.717) is 24.4 Å². The summed E-state index contributed by atoms with van der Waals surface area (Å²) in [7, 11) is -1.82. The first-order chi connectivity index (χ1) is 15.8. The van der Waals surface area contributed by atoms with Crippen molar-refractivity contribution in [3.05, 3.63) is 53.6 Å². The van der Waals surface area contributed by atoms with Crippen LogP contribution in [0, 0.1) is 0 Å². The largest absolute Gasteiger partial charge is 0.497 e. The van der Waals surface area contributed by atoms with E-state index < -0.39 is 28.3 Å². The van der Waals surface area contributed by atoms with Gasteiger partial charge < -0.3 is 24.6 Å². The molecule has 2 aliphatic rings. The highest BCUT2D eigenvalue weighted by atomic mass is 32.2. The molecule has 0 bridgehead atoms.